The van der Waals surface area contributed by atoms with Crippen molar-refractivity contribution in [2.75, 3.05) is 0 Å². The molecule has 4 nitrogen and oxygen atoms in total. The molecule has 1 aliphatic rings. The highest BCUT2D eigenvalue weighted by Gasteiger charge is 2.31. The molecule has 1 aliphatic heterocycles. The third kappa shape index (κ3) is 6.27. The Bertz CT molecular complexity index is 1170. The van der Waals surface area contributed by atoms with E-state index in [-0.39, 0.29) is 11.5 Å². The van der Waals surface area contributed by atoms with Crippen LogP contribution in [0.3, 0.4) is 0 Å². The molecule has 0 aliphatic carbocycles. The first-order chi connectivity index (χ1) is 17.7. The molecule has 0 amide bonds. The minimum absolute atomic E-state index is 0.106. The second-order valence-corrected chi connectivity index (χ2v) is 10.3. The van der Waals surface area contributed by atoms with Crippen molar-refractivity contribution in [3.05, 3.63) is 59.8 Å². The number of aliphatic imine (C=N–C) groups is 1. The molecule has 1 N–H and O–H groups in total. The summed E-state index contributed by atoms with van der Waals surface area (Å²) < 4.78 is 2.10. The van der Waals surface area contributed by atoms with E-state index in [1.165, 1.54) is 77.0 Å². The van der Waals surface area contributed by atoms with Gasteiger partial charge in [0, 0.05) is 17.5 Å². The number of hydrogen-bond acceptors (Lipinski definition) is 3. The summed E-state index contributed by atoms with van der Waals surface area (Å²) in [7, 11) is 0. The lowest BCUT2D eigenvalue weighted by Crippen LogP contribution is -2.16. The summed E-state index contributed by atoms with van der Waals surface area (Å²) in [5.74, 6) is 0.0572. The number of Topliss-reactive ketones (excluding diaryl/α,β-unsaturated/α-hetero) is 1. The van der Waals surface area contributed by atoms with Crippen molar-refractivity contribution >= 4 is 28.1 Å². The third-order valence-electron chi connectivity index (χ3n) is 7.50. The summed E-state index contributed by atoms with van der Waals surface area (Å²) in [6, 6.07) is 15.3. The lowest BCUT2D eigenvalue weighted by atomic mass is 10.0. The van der Waals surface area contributed by atoms with Crippen LogP contribution >= 0.6 is 0 Å². The van der Waals surface area contributed by atoms with E-state index in [0.29, 0.717) is 22.7 Å². The van der Waals surface area contributed by atoms with Crippen molar-refractivity contribution in [2.45, 2.75) is 103 Å². The number of aryl methyl sites for hydroxylation is 1. The normalized spacial score (nSPS) is 12.9. The van der Waals surface area contributed by atoms with Crippen LogP contribution in [0.5, 0.6) is 5.75 Å². The average Bonchev–Trinajstić information content (AvgIpc) is 3.38. The number of aromatic hydroxyl groups is 1. The summed E-state index contributed by atoms with van der Waals surface area (Å²) in [6.07, 6.45) is 18.5. The van der Waals surface area contributed by atoms with Gasteiger partial charge in [-0.05, 0) is 30.7 Å². The fourth-order valence-electron chi connectivity index (χ4n) is 5.44. The summed E-state index contributed by atoms with van der Waals surface area (Å²) in [6.45, 7) is 3.05. The Hall–Kier alpha value is -2.88. The summed E-state index contributed by atoms with van der Waals surface area (Å²) >= 11 is 0. The number of aromatic nitrogens is 1. The van der Waals surface area contributed by atoms with E-state index in [4.69, 9.17) is 0 Å². The van der Waals surface area contributed by atoms with Crippen LogP contribution in [0.2, 0.25) is 0 Å². The number of ketones is 1. The van der Waals surface area contributed by atoms with Crippen LogP contribution in [-0.2, 0) is 6.54 Å². The van der Waals surface area contributed by atoms with Crippen LogP contribution in [0.25, 0.3) is 10.9 Å². The molecule has 3 aromatic rings. The molecule has 192 valence electrons. The van der Waals surface area contributed by atoms with Crippen molar-refractivity contribution in [2.24, 2.45) is 4.99 Å². The second-order valence-electron chi connectivity index (χ2n) is 10.3. The lowest BCUT2D eigenvalue weighted by molar-refractivity contribution is 0.106. The van der Waals surface area contributed by atoms with Crippen molar-refractivity contribution in [1.82, 2.24) is 4.57 Å². The number of rotatable bonds is 16. The van der Waals surface area contributed by atoms with E-state index in [9.17, 15) is 9.90 Å². The molecule has 4 rings (SSSR count). The van der Waals surface area contributed by atoms with E-state index >= 15 is 0 Å². The van der Waals surface area contributed by atoms with Crippen molar-refractivity contribution in [3.63, 3.8) is 0 Å². The zero-order valence-corrected chi connectivity index (χ0v) is 22.0. The number of benzene rings is 2. The number of unbranched alkanes of at least 4 members (excludes halogenated alkanes) is 13. The predicted molar refractivity (Wildman–Crippen MR) is 151 cm³/mol. The van der Waals surface area contributed by atoms with Gasteiger partial charge in [-0.1, -0.05) is 115 Å². The SMILES string of the molecule is CCCCCCCCCCCCCCCCn1c(C2=Nc3ccccc3C2=O)c(O)c2ccccc21. The largest absolute Gasteiger partial charge is 0.505 e. The Morgan fingerprint density at radius 2 is 1.28 bits per heavy atom. The molecule has 0 radical (unpaired) electrons. The fourth-order valence-corrected chi connectivity index (χ4v) is 5.44. The highest BCUT2D eigenvalue weighted by atomic mass is 16.3. The molecule has 0 saturated carbocycles. The number of para-hydroxylation sites is 2. The smallest absolute Gasteiger partial charge is 0.215 e. The van der Waals surface area contributed by atoms with Crippen molar-refractivity contribution in [1.29, 1.82) is 0 Å². The Morgan fingerprint density at radius 1 is 0.722 bits per heavy atom. The summed E-state index contributed by atoms with van der Waals surface area (Å²) in [5, 5.41) is 11.9. The predicted octanol–water partition coefficient (Wildman–Crippen LogP) is 9.15. The lowest BCUT2D eigenvalue weighted by Gasteiger charge is -2.10. The fraction of sp³-hybridized carbons (Fsp3) is 0.500. The van der Waals surface area contributed by atoms with E-state index in [2.05, 4.69) is 16.5 Å². The maximum atomic E-state index is 13.1. The minimum Gasteiger partial charge on any atom is -0.505 e. The zero-order valence-electron chi connectivity index (χ0n) is 22.0. The van der Waals surface area contributed by atoms with Gasteiger partial charge in [0.25, 0.3) is 0 Å². The molecular formula is C32H42N2O2. The monoisotopic (exact) mass is 486 g/mol. The molecule has 4 heteroatoms. The molecule has 0 atom stereocenters. The van der Waals surface area contributed by atoms with E-state index in [0.717, 1.165) is 30.3 Å². The molecule has 0 spiro atoms. The van der Waals surface area contributed by atoms with Crippen LogP contribution in [0.4, 0.5) is 5.69 Å². The van der Waals surface area contributed by atoms with E-state index in [1.807, 2.05) is 48.5 Å². The van der Waals surface area contributed by atoms with Crippen LogP contribution in [-0.4, -0.2) is 21.2 Å². The van der Waals surface area contributed by atoms with Gasteiger partial charge in [-0.15, -0.1) is 0 Å². The number of fused-ring (bicyclic) bond motifs is 2. The number of nitrogens with zero attached hydrogens (tertiary/aromatic N) is 2. The molecule has 0 unspecified atom stereocenters. The first kappa shape index (κ1) is 26.2. The Morgan fingerprint density at radius 3 is 1.92 bits per heavy atom. The van der Waals surface area contributed by atoms with Crippen LogP contribution in [0, 0.1) is 0 Å². The van der Waals surface area contributed by atoms with Crippen LogP contribution in [0.15, 0.2) is 53.5 Å². The standard InChI is InChI=1S/C32H42N2O2/c1-2-3-4-5-6-7-8-9-10-11-12-13-14-19-24-34-28-23-18-16-21-26(28)32(36)30(34)29-31(35)25-20-15-17-22-27(25)33-29/h15-18,20-23,36H,2-14,19,24H2,1H3. The van der Waals surface area contributed by atoms with Gasteiger partial charge in [0.15, 0.2) is 5.75 Å². The second kappa shape index (κ2) is 13.4. The maximum absolute atomic E-state index is 13.1. The molecule has 0 fully saturated rings. The molecule has 2 heterocycles. The molecule has 2 aromatic carbocycles. The first-order valence-electron chi connectivity index (χ1n) is 14.3. The van der Waals surface area contributed by atoms with E-state index < -0.39 is 0 Å². The molecule has 1 aromatic heterocycles. The van der Waals surface area contributed by atoms with E-state index in [1.54, 1.807) is 0 Å². The average molecular weight is 487 g/mol. The van der Waals surface area contributed by atoms with Crippen LogP contribution < -0.4 is 0 Å². The van der Waals surface area contributed by atoms with Gasteiger partial charge in [0.05, 0.1) is 11.2 Å². The third-order valence-corrected chi connectivity index (χ3v) is 7.50. The highest BCUT2D eigenvalue weighted by Crippen LogP contribution is 2.37. The number of carbonyl (C=O) groups is 1. The van der Waals surface area contributed by atoms with Gasteiger partial charge in [0.1, 0.15) is 11.4 Å². The number of hydrogen-bond donors (Lipinski definition) is 1. The van der Waals surface area contributed by atoms with Gasteiger partial charge in [-0.2, -0.15) is 0 Å². The van der Waals surface area contributed by atoms with Gasteiger partial charge in [-0.25, -0.2) is 4.99 Å². The molecule has 36 heavy (non-hydrogen) atoms. The number of carbonyl (C=O) groups excluding carboxylic acids is 1. The van der Waals surface area contributed by atoms with Gasteiger partial charge < -0.3 is 9.67 Å². The molecule has 0 saturated heterocycles. The van der Waals surface area contributed by atoms with Crippen molar-refractivity contribution in [3.8, 4) is 5.75 Å². The summed E-state index contributed by atoms with van der Waals surface area (Å²) in [4.78, 5) is 17.7. The Balaban J connectivity index is 1.26. The Labute approximate surface area is 216 Å². The molecule has 0 bridgehead atoms. The van der Waals surface area contributed by atoms with Gasteiger partial charge in [0.2, 0.25) is 5.78 Å². The zero-order chi connectivity index (χ0) is 25.2. The van der Waals surface area contributed by atoms with Gasteiger partial charge >= 0.3 is 0 Å². The first-order valence-corrected chi connectivity index (χ1v) is 14.3. The van der Waals surface area contributed by atoms with Gasteiger partial charge in [-0.3, -0.25) is 4.79 Å². The minimum atomic E-state index is -0.106. The quantitative estimate of drug-likeness (QED) is 0.205. The Kier molecular flexibility index (Phi) is 9.77. The topological polar surface area (TPSA) is 54.6 Å². The van der Waals surface area contributed by atoms with Crippen LogP contribution in [0.1, 0.15) is 113 Å². The summed E-state index contributed by atoms with van der Waals surface area (Å²) in [5.41, 5.74) is 3.18. The maximum Gasteiger partial charge on any atom is 0.215 e. The van der Waals surface area contributed by atoms with Crippen molar-refractivity contribution < 1.29 is 9.90 Å². The molecular weight excluding hydrogens is 444 g/mol. The highest BCUT2D eigenvalue weighted by molar-refractivity contribution is 6.55.